The number of ether oxygens (including phenoxy) is 1. The molecule has 0 radical (unpaired) electrons. The summed E-state index contributed by atoms with van der Waals surface area (Å²) in [6.45, 7) is 4.14. The van der Waals surface area contributed by atoms with Crippen LogP contribution in [0.4, 0.5) is 22.1 Å². The van der Waals surface area contributed by atoms with E-state index in [1.165, 1.54) is 5.56 Å². The van der Waals surface area contributed by atoms with Crippen molar-refractivity contribution in [1.82, 2.24) is 4.98 Å². The van der Waals surface area contributed by atoms with Crippen LogP contribution in [0, 0.1) is 0 Å². The molecule has 23 heavy (non-hydrogen) atoms. The third-order valence-corrected chi connectivity index (χ3v) is 3.20. The zero-order chi connectivity index (χ0) is 15.9. The van der Waals surface area contributed by atoms with Gasteiger partial charge < -0.3 is 22.9 Å². The van der Waals surface area contributed by atoms with E-state index in [1.54, 1.807) is 13.0 Å². The standard InChI is InChI=1S/C16H20N4O2.ClH/c1-3-22-16(21)19-13-9-10-14(20-15(13)17)18-11(2)12-7-5-4-6-8-12;/h4-11H,3H2,1-2H3,(H,19,21)(H3,17,18,20);1H. The third kappa shape index (κ3) is 5.43. The lowest BCUT2D eigenvalue weighted by atomic mass is 10.1. The van der Waals surface area contributed by atoms with Crippen molar-refractivity contribution in [3.05, 3.63) is 48.0 Å². The molecule has 2 aromatic rings. The van der Waals surface area contributed by atoms with E-state index >= 15 is 0 Å². The number of quaternary nitrogens is 1. The lowest BCUT2D eigenvalue weighted by Crippen LogP contribution is -3.00. The van der Waals surface area contributed by atoms with Crippen LogP contribution in [0.5, 0.6) is 0 Å². The molecule has 0 fully saturated rings. The van der Waals surface area contributed by atoms with Crippen molar-refractivity contribution < 1.29 is 27.3 Å². The molecule has 1 aromatic carbocycles. The summed E-state index contributed by atoms with van der Waals surface area (Å²) in [6.07, 6.45) is -0.537. The largest absolute Gasteiger partial charge is 1.00 e. The minimum atomic E-state index is -0.537. The normalized spacial score (nSPS) is 11.2. The van der Waals surface area contributed by atoms with Crippen molar-refractivity contribution in [2.24, 2.45) is 0 Å². The molecule has 1 atom stereocenters. The van der Waals surface area contributed by atoms with Crippen LogP contribution in [-0.4, -0.2) is 17.7 Å². The number of nitrogens with zero attached hydrogens (tertiary/aromatic N) is 1. The number of anilines is 2. The average molecular weight is 337 g/mol. The number of aromatic nitrogens is 1. The maximum Gasteiger partial charge on any atom is 0.411 e. The predicted octanol–water partition coefficient (Wildman–Crippen LogP) is -0.808. The molecular formula is C16H21ClN4O2. The van der Waals surface area contributed by atoms with Crippen LogP contribution in [0.15, 0.2) is 42.5 Å². The highest BCUT2D eigenvalue weighted by molar-refractivity contribution is 5.88. The quantitative estimate of drug-likeness (QED) is 0.666. The fourth-order valence-corrected chi connectivity index (χ4v) is 2.08. The van der Waals surface area contributed by atoms with Gasteiger partial charge in [-0.1, -0.05) is 30.3 Å². The second kappa shape index (κ2) is 8.97. The van der Waals surface area contributed by atoms with Crippen LogP contribution in [-0.2, 0) is 4.74 Å². The van der Waals surface area contributed by atoms with Gasteiger partial charge in [0.15, 0.2) is 5.82 Å². The van der Waals surface area contributed by atoms with Crippen LogP contribution < -0.4 is 28.8 Å². The van der Waals surface area contributed by atoms with Gasteiger partial charge in [0.2, 0.25) is 5.82 Å². The Hall–Kier alpha value is -2.31. The predicted molar refractivity (Wildman–Crippen MR) is 85.7 cm³/mol. The van der Waals surface area contributed by atoms with Crippen LogP contribution in [0.2, 0.25) is 0 Å². The fraction of sp³-hybridized carbons (Fsp3) is 0.250. The van der Waals surface area contributed by atoms with Crippen LogP contribution >= 0.6 is 0 Å². The molecule has 2 rings (SSSR count). The number of carbonyl (C=O) groups is 1. The molecule has 6 nitrogen and oxygen atoms in total. The van der Waals surface area contributed by atoms with E-state index in [1.807, 2.05) is 29.6 Å². The van der Waals surface area contributed by atoms with Crippen molar-refractivity contribution in [3.63, 3.8) is 0 Å². The van der Waals surface area contributed by atoms with Gasteiger partial charge in [-0.05, 0) is 19.9 Å². The first kappa shape index (κ1) is 18.7. The maximum atomic E-state index is 11.4. The number of amides is 1. The lowest BCUT2D eigenvalue weighted by molar-refractivity contribution is -0.617. The number of carbonyl (C=O) groups excluding carboxylic acids is 1. The van der Waals surface area contributed by atoms with Gasteiger partial charge in [0.25, 0.3) is 0 Å². The molecule has 1 unspecified atom stereocenters. The van der Waals surface area contributed by atoms with Gasteiger partial charge in [-0.2, -0.15) is 4.98 Å². The minimum absolute atomic E-state index is 0. The van der Waals surface area contributed by atoms with E-state index in [4.69, 9.17) is 10.5 Å². The minimum Gasteiger partial charge on any atom is -1.00 e. The third-order valence-electron chi connectivity index (χ3n) is 3.20. The number of benzene rings is 1. The van der Waals surface area contributed by atoms with Gasteiger partial charge in [0, 0.05) is 11.6 Å². The molecule has 124 valence electrons. The molecule has 1 amide bonds. The number of hydrogen-bond donors (Lipinski definition) is 3. The Kier molecular flexibility index (Phi) is 7.31. The summed E-state index contributed by atoms with van der Waals surface area (Å²) >= 11 is 0. The number of nitrogens with two attached hydrogens (primary N) is 2. The molecule has 0 spiro atoms. The van der Waals surface area contributed by atoms with Crippen molar-refractivity contribution in [3.8, 4) is 0 Å². The van der Waals surface area contributed by atoms with E-state index < -0.39 is 6.09 Å². The number of nitrogens with one attached hydrogen (secondary N) is 1. The van der Waals surface area contributed by atoms with Gasteiger partial charge in [-0.15, -0.1) is 0 Å². The first-order valence-electron chi connectivity index (χ1n) is 7.20. The summed E-state index contributed by atoms with van der Waals surface area (Å²) in [6, 6.07) is 13.9. The summed E-state index contributed by atoms with van der Waals surface area (Å²) in [5, 5.41) is 4.59. The van der Waals surface area contributed by atoms with Gasteiger partial charge >= 0.3 is 6.09 Å². The molecule has 0 saturated carbocycles. The van der Waals surface area contributed by atoms with E-state index in [9.17, 15) is 4.79 Å². The molecule has 0 saturated heterocycles. The van der Waals surface area contributed by atoms with Crippen LogP contribution in [0.3, 0.4) is 0 Å². The number of nitrogen functional groups attached to an aromatic ring is 1. The summed E-state index contributed by atoms with van der Waals surface area (Å²) < 4.78 is 4.81. The Morgan fingerprint density at radius 3 is 2.61 bits per heavy atom. The van der Waals surface area contributed by atoms with Gasteiger partial charge in [-0.3, -0.25) is 10.6 Å². The van der Waals surface area contributed by atoms with E-state index in [2.05, 4.69) is 29.4 Å². The highest BCUT2D eigenvalue weighted by atomic mass is 35.5. The molecule has 0 bridgehead atoms. The van der Waals surface area contributed by atoms with E-state index in [0.717, 1.165) is 5.82 Å². The second-order valence-corrected chi connectivity index (χ2v) is 4.88. The molecule has 0 aliphatic rings. The summed E-state index contributed by atoms with van der Waals surface area (Å²) in [4.78, 5) is 15.7. The summed E-state index contributed by atoms with van der Waals surface area (Å²) in [5.41, 5.74) is 7.53. The highest BCUT2D eigenvalue weighted by Gasteiger charge is 2.13. The van der Waals surface area contributed by atoms with E-state index in [-0.39, 0.29) is 24.3 Å². The zero-order valence-electron chi connectivity index (χ0n) is 13.1. The molecule has 0 aliphatic heterocycles. The monoisotopic (exact) mass is 336 g/mol. The number of halogens is 1. The fourth-order valence-electron chi connectivity index (χ4n) is 2.08. The first-order chi connectivity index (χ1) is 10.6. The van der Waals surface area contributed by atoms with Crippen molar-refractivity contribution in [2.45, 2.75) is 19.9 Å². The Balaban J connectivity index is 0.00000264. The van der Waals surface area contributed by atoms with Crippen molar-refractivity contribution in [2.75, 3.05) is 17.7 Å². The van der Waals surface area contributed by atoms with E-state index in [0.29, 0.717) is 12.3 Å². The maximum absolute atomic E-state index is 11.4. The second-order valence-electron chi connectivity index (χ2n) is 4.88. The van der Waals surface area contributed by atoms with Crippen molar-refractivity contribution in [1.29, 1.82) is 0 Å². The first-order valence-corrected chi connectivity index (χ1v) is 7.20. The van der Waals surface area contributed by atoms with Gasteiger partial charge in [-0.25, -0.2) is 4.79 Å². The average Bonchev–Trinajstić information content (AvgIpc) is 2.51. The lowest BCUT2D eigenvalue weighted by Gasteiger charge is -2.11. The summed E-state index contributed by atoms with van der Waals surface area (Å²) in [7, 11) is 0. The number of rotatable bonds is 5. The highest BCUT2D eigenvalue weighted by Crippen LogP contribution is 2.17. The summed E-state index contributed by atoms with van der Waals surface area (Å²) in [5.74, 6) is 1.03. The Bertz CT molecular complexity index is 637. The smallest absolute Gasteiger partial charge is 0.411 e. The van der Waals surface area contributed by atoms with Crippen LogP contribution in [0.25, 0.3) is 0 Å². The molecule has 0 aliphatic carbocycles. The number of hydrogen-bond acceptors (Lipinski definition) is 4. The SMILES string of the molecule is CCOC(=O)Nc1ccc([NH2+]C(C)c2ccccc2)nc1N.[Cl-]. The number of pyridine rings is 1. The van der Waals surface area contributed by atoms with Crippen LogP contribution in [0.1, 0.15) is 25.5 Å². The Morgan fingerprint density at radius 1 is 1.30 bits per heavy atom. The molecule has 1 aromatic heterocycles. The molecule has 1 heterocycles. The van der Waals surface area contributed by atoms with Gasteiger partial charge in [0.1, 0.15) is 6.04 Å². The molecular weight excluding hydrogens is 316 g/mol. The topological polar surface area (TPSA) is 93.8 Å². The molecule has 5 N–H and O–H groups in total. The zero-order valence-corrected chi connectivity index (χ0v) is 13.9. The van der Waals surface area contributed by atoms with Crippen molar-refractivity contribution >= 4 is 23.4 Å². The molecule has 7 heteroatoms. The van der Waals surface area contributed by atoms with Gasteiger partial charge in [0.05, 0.1) is 12.3 Å². The Labute approximate surface area is 141 Å². The Morgan fingerprint density at radius 2 is 2.00 bits per heavy atom.